The van der Waals surface area contributed by atoms with Crippen molar-refractivity contribution in [3.05, 3.63) is 53.4 Å². The highest BCUT2D eigenvalue weighted by atomic mass is 19.1. The zero-order chi connectivity index (χ0) is 21.8. The zero-order valence-corrected chi connectivity index (χ0v) is 17.2. The summed E-state index contributed by atoms with van der Waals surface area (Å²) in [5, 5.41) is 0. The first-order chi connectivity index (χ1) is 13.9. The van der Waals surface area contributed by atoms with E-state index in [1.165, 1.54) is 7.11 Å². The lowest BCUT2D eigenvalue weighted by Crippen LogP contribution is -2.26. The number of aldehydes is 2. The molecule has 0 aliphatic heterocycles. The summed E-state index contributed by atoms with van der Waals surface area (Å²) >= 11 is 0. The van der Waals surface area contributed by atoms with Gasteiger partial charge in [-0.05, 0) is 18.4 Å². The van der Waals surface area contributed by atoms with Crippen molar-refractivity contribution in [3.8, 4) is 5.75 Å². The molecule has 0 aliphatic carbocycles. The number of hydrogen-bond donors (Lipinski definition) is 0. The largest absolute Gasteiger partial charge is 0.497 e. The van der Waals surface area contributed by atoms with Crippen LogP contribution in [0.15, 0.2) is 36.2 Å². The summed E-state index contributed by atoms with van der Waals surface area (Å²) in [5.74, 6) is -2.30. The minimum atomic E-state index is -0.793. The van der Waals surface area contributed by atoms with E-state index < -0.39 is 17.6 Å². The zero-order valence-electron chi connectivity index (χ0n) is 17.2. The Bertz CT molecular complexity index is 714. The van der Waals surface area contributed by atoms with Crippen LogP contribution in [0.1, 0.15) is 17.9 Å². The third-order valence-corrected chi connectivity index (χ3v) is 4.39. The van der Waals surface area contributed by atoms with Gasteiger partial charge in [-0.2, -0.15) is 0 Å². The summed E-state index contributed by atoms with van der Waals surface area (Å²) in [5.41, 5.74) is 0.108. The summed E-state index contributed by atoms with van der Waals surface area (Å²) in [6, 6.07) is 2.15. The lowest BCUT2D eigenvalue weighted by atomic mass is 9.94. The van der Waals surface area contributed by atoms with Crippen LogP contribution in [0.25, 0.3) is 0 Å². The van der Waals surface area contributed by atoms with Gasteiger partial charge in [-0.25, -0.2) is 8.78 Å². The third kappa shape index (κ3) is 7.65. The fourth-order valence-electron chi connectivity index (χ4n) is 2.76. The van der Waals surface area contributed by atoms with Crippen molar-refractivity contribution in [2.45, 2.75) is 12.3 Å². The standard InChI is InChI=1S/C21H28F2N2O4/c1-24(9-11-28-3)8-5-6-17(15-27)25(2)14-16(7-10-26)21-19(22)12-18(29-4)13-20(21)23/h5-6,8,10,12-13,15-16H,7,9,11,14H2,1-4H3/b8-5-,17-6+. The Morgan fingerprint density at radius 2 is 1.83 bits per heavy atom. The number of methoxy groups -OCH3 is 2. The average Bonchev–Trinajstić information content (AvgIpc) is 2.68. The van der Waals surface area contributed by atoms with E-state index in [4.69, 9.17) is 9.47 Å². The second kappa shape index (κ2) is 12.7. The first kappa shape index (κ1) is 24.3. The van der Waals surface area contributed by atoms with Crippen LogP contribution in [0.4, 0.5) is 8.78 Å². The van der Waals surface area contributed by atoms with E-state index in [2.05, 4.69) is 0 Å². The smallest absolute Gasteiger partial charge is 0.166 e. The third-order valence-electron chi connectivity index (χ3n) is 4.39. The number of carbonyl (C=O) groups excluding carboxylic acids is 2. The Morgan fingerprint density at radius 1 is 1.17 bits per heavy atom. The van der Waals surface area contributed by atoms with Crippen LogP contribution in [0.3, 0.4) is 0 Å². The van der Waals surface area contributed by atoms with Crippen molar-refractivity contribution >= 4 is 12.6 Å². The van der Waals surface area contributed by atoms with Crippen LogP contribution in [-0.2, 0) is 14.3 Å². The number of allylic oxidation sites excluding steroid dienone is 3. The van der Waals surface area contributed by atoms with Crippen LogP contribution in [0, 0.1) is 11.6 Å². The minimum Gasteiger partial charge on any atom is -0.497 e. The molecule has 0 fully saturated rings. The van der Waals surface area contributed by atoms with Crippen LogP contribution >= 0.6 is 0 Å². The minimum absolute atomic E-state index is 0.0539. The second-order valence-corrected chi connectivity index (χ2v) is 6.51. The summed E-state index contributed by atoms with van der Waals surface area (Å²) in [4.78, 5) is 26.0. The van der Waals surface area contributed by atoms with E-state index in [1.54, 1.807) is 37.4 Å². The lowest BCUT2D eigenvalue weighted by molar-refractivity contribution is -0.108. The molecule has 8 heteroatoms. The van der Waals surface area contributed by atoms with Gasteiger partial charge < -0.3 is 24.1 Å². The highest BCUT2D eigenvalue weighted by Crippen LogP contribution is 2.29. The number of carbonyl (C=O) groups is 2. The van der Waals surface area contributed by atoms with Gasteiger partial charge in [0.25, 0.3) is 0 Å². The topological polar surface area (TPSA) is 59.1 Å². The van der Waals surface area contributed by atoms with E-state index >= 15 is 0 Å². The molecule has 1 aromatic rings. The van der Waals surface area contributed by atoms with Gasteiger partial charge in [0.2, 0.25) is 0 Å². The molecule has 0 N–H and O–H groups in total. The van der Waals surface area contributed by atoms with Crippen LogP contribution in [-0.4, -0.2) is 70.4 Å². The molecule has 1 atom stereocenters. The summed E-state index contributed by atoms with van der Waals surface area (Å²) in [6.07, 6.45) is 6.23. The lowest BCUT2D eigenvalue weighted by Gasteiger charge is -2.25. The molecule has 0 saturated carbocycles. The SMILES string of the molecule is COCCN(C)/C=C\C=C(/C=O)N(C)CC(CC=O)c1c(F)cc(OC)cc1F. The number of benzene rings is 1. The molecule has 0 spiro atoms. The predicted octanol–water partition coefficient (Wildman–Crippen LogP) is 2.75. The molecule has 0 aliphatic rings. The Balaban J connectivity index is 3.00. The maximum atomic E-state index is 14.4. The number of rotatable bonds is 13. The van der Waals surface area contributed by atoms with Crippen molar-refractivity contribution in [3.63, 3.8) is 0 Å². The molecule has 1 unspecified atom stereocenters. The molecule has 0 saturated heterocycles. The number of hydrogen-bond acceptors (Lipinski definition) is 6. The van der Waals surface area contributed by atoms with Crippen molar-refractivity contribution in [2.75, 3.05) is 48.0 Å². The maximum absolute atomic E-state index is 14.4. The van der Waals surface area contributed by atoms with Gasteiger partial charge in [0.15, 0.2) is 6.29 Å². The maximum Gasteiger partial charge on any atom is 0.166 e. The van der Waals surface area contributed by atoms with Crippen molar-refractivity contribution in [1.29, 1.82) is 0 Å². The molecule has 1 rings (SSSR count). The van der Waals surface area contributed by atoms with Crippen LogP contribution in [0.5, 0.6) is 5.75 Å². The fraction of sp³-hybridized carbons (Fsp3) is 0.429. The molecule has 0 aromatic heterocycles. The van der Waals surface area contributed by atoms with Gasteiger partial charge >= 0.3 is 0 Å². The van der Waals surface area contributed by atoms with E-state index in [1.807, 2.05) is 11.9 Å². The molecular formula is C21H28F2N2O4. The summed E-state index contributed by atoms with van der Waals surface area (Å²) in [7, 11) is 6.41. The van der Waals surface area contributed by atoms with Gasteiger partial charge in [-0.1, -0.05) is 0 Å². The number of ether oxygens (including phenoxy) is 2. The average molecular weight is 410 g/mol. The highest BCUT2D eigenvalue weighted by Gasteiger charge is 2.23. The van der Waals surface area contributed by atoms with E-state index in [9.17, 15) is 18.4 Å². The molecule has 6 nitrogen and oxygen atoms in total. The molecule has 1 aromatic carbocycles. The molecule has 0 amide bonds. The van der Waals surface area contributed by atoms with Crippen molar-refractivity contribution in [2.24, 2.45) is 0 Å². The monoisotopic (exact) mass is 410 g/mol. The van der Waals surface area contributed by atoms with Gasteiger partial charge in [0.1, 0.15) is 23.7 Å². The van der Waals surface area contributed by atoms with Gasteiger partial charge in [0.05, 0.1) is 19.4 Å². The normalized spacial score (nSPS) is 12.7. The van der Waals surface area contributed by atoms with Gasteiger partial charge in [-0.15, -0.1) is 0 Å². The molecule has 29 heavy (non-hydrogen) atoms. The van der Waals surface area contributed by atoms with E-state index in [0.29, 0.717) is 31.4 Å². The van der Waals surface area contributed by atoms with E-state index in [0.717, 1.165) is 12.1 Å². The molecule has 0 radical (unpaired) electrons. The Morgan fingerprint density at radius 3 is 2.34 bits per heavy atom. The van der Waals surface area contributed by atoms with E-state index in [-0.39, 0.29) is 24.3 Å². The Hall–Kier alpha value is -2.74. The number of likely N-dealkylation sites (N-methyl/N-ethyl adjacent to an activating group) is 2. The van der Waals surface area contributed by atoms with Crippen LogP contribution < -0.4 is 4.74 Å². The quantitative estimate of drug-likeness (QED) is 0.283. The van der Waals surface area contributed by atoms with Gasteiger partial charge in [-0.3, -0.25) is 4.79 Å². The summed E-state index contributed by atoms with van der Waals surface area (Å²) in [6.45, 7) is 1.33. The number of nitrogens with zero attached hydrogens (tertiary/aromatic N) is 2. The van der Waals surface area contributed by atoms with Crippen molar-refractivity contribution < 1.29 is 27.8 Å². The molecule has 0 bridgehead atoms. The molecular weight excluding hydrogens is 382 g/mol. The fourth-order valence-corrected chi connectivity index (χ4v) is 2.76. The Kier molecular flexibility index (Phi) is 10.6. The predicted molar refractivity (Wildman–Crippen MR) is 107 cm³/mol. The first-order valence-electron chi connectivity index (χ1n) is 9.08. The first-order valence-corrected chi connectivity index (χ1v) is 9.08. The van der Waals surface area contributed by atoms with Gasteiger partial charge in [0, 0.05) is 64.3 Å². The van der Waals surface area contributed by atoms with Crippen molar-refractivity contribution in [1.82, 2.24) is 9.80 Å². The molecule has 0 heterocycles. The molecule has 160 valence electrons. The Labute approximate surface area is 170 Å². The van der Waals surface area contributed by atoms with Crippen LogP contribution in [0.2, 0.25) is 0 Å². The highest BCUT2D eigenvalue weighted by molar-refractivity contribution is 5.72. The summed E-state index contributed by atoms with van der Waals surface area (Å²) < 4.78 is 38.7. The number of halogens is 2. The second-order valence-electron chi connectivity index (χ2n) is 6.51.